The zero-order valence-electron chi connectivity index (χ0n) is 11.6. The van der Waals surface area contributed by atoms with Crippen LogP contribution < -0.4 is 5.32 Å². The van der Waals surface area contributed by atoms with Crippen molar-refractivity contribution in [2.45, 2.75) is 20.8 Å². The van der Waals surface area contributed by atoms with Gasteiger partial charge >= 0.3 is 11.9 Å². The Morgan fingerprint density at radius 1 is 1.15 bits per heavy atom. The lowest BCUT2D eigenvalue weighted by Gasteiger charge is -2.12. The van der Waals surface area contributed by atoms with Crippen molar-refractivity contribution < 1.29 is 23.9 Å². The minimum Gasteiger partial charge on any atom is -0.462 e. The van der Waals surface area contributed by atoms with Gasteiger partial charge in [0.15, 0.2) is 5.69 Å². The third-order valence-corrected chi connectivity index (χ3v) is 2.21. The Balaban J connectivity index is 3.31. The molecule has 0 aromatic carbocycles. The van der Waals surface area contributed by atoms with Crippen LogP contribution in [0, 0.1) is 0 Å². The van der Waals surface area contributed by atoms with Crippen LogP contribution in [0.2, 0.25) is 0 Å². The number of rotatable bonds is 5. The fraction of sp³-hybridized carbons (Fsp3) is 0.385. The number of hydrogen-bond donors (Lipinski definition) is 1. The molecule has 7 heteroatoms. The third-order valence-electron chi connectivity index (χ3n) is 2.21. The third kappa shape index (κ3) is 3.78. The normalized spacial score (nSPS) is 9.75. The quantitative estimate of drug-likeness (QED) is 0.819. The molecule has 0 atom stereocenters. The molecule has 0 spiro atoms. The highest BCUT2D eigenvalue weighted by molar-refractivity contribution is 6.08. The summed E-state index contributed by atoms with van der Waals surface area (Å²) < 4.78 is 9.72. The Kier molecular flexibility index (Phi) is 5.64. The van der Waals surface area contributed by atoms with E-state index in [1.54, 1.807) is 13.8 Å². The molecule has 0 fully saturated rings. The van der Waals surface area contributed by atoms with Crippen molar-refractivity contribution in [3.8, 4) is 0 Å². The average molecular weight is 280 g/mol. The van der Waals surface area contributed by atoms with Crippen LogP contribution in [0.3, 0.4) is 0 Å². The number of pyridine rings is 1. The number of esters is 2. The molecule has 0 bridgehead atoms. The molecular weight excluding hydrogens is 264 g/mol. The number of ether oxygens (including phenoxy) is 2. The van der Waals surface area contributed by atoms with Gasteiger partial charge in [0, 0.05) is 13.1 Å². The predicted octanol–water partition coefficient (Wildman–Crippen LogP) is 1.39. The first-order chi connectivity index (χ1) is 9.51. The van der Waals surface area contributed by atoms with Gasteiger partial charge in [-0.2, -0.15) is 0 Å². The molecule has 1 heterocycles. The van der Waals surface area contributed by atoms with Gasteiger partial charge in [0.25, 0.3) is 0 Å². The predicted molar refractivity (Wildman–Crippen MR) is 70.5 cm³/mol. The molecule has 1 N–H and O–H groups in total. The maximum absolute atomic E-state index is 12.0. The lowest BCUT2D eigenvalue weighted by molar-refractivity contribution is -0.114. The van der Waals surface area contributed by atoms with Crippen molar-refractivity contribution in [1.29, 1.82) is 0 Å². The van der Waals surface area contributed by atoms with Gasteiger partial charge < -0.3 is 14.8 Å². The number of carbonyl (C=O) groups is 3. The number of hydrogen-bond acceptors (Lipinski definition) is 6. The monoisotopic (exact) mass is 280 g/mol. The molecule has 7 nitrogen and oxygen atoms in total. The van der Waals surface area contributed by atoms with Gasteiger partial charge in [0.1, 0.15) is 5.56 Å². The highest BCUT2D eigenvalue weighted by atomic mass is 16.5. The molecule has 0 aliphatic rings. The van der Waals surface area contributed by atoms with E-state index in [-0.39, 0.29) is 36.1 Å². The summed E-state index contributed by atoms with van der Waals surface area (Å²) in [5.41, 5.74) is -0.131. The maximum atomic E-state index is 12.0. The summed E-state index contributed by atoms with van der Waals surface area (Å²) >= 11 is 0. The van der Waals surface area contributed by atoms with Gasteiger partial charge in [0.05, 0.1) is 18.9 Å². The average Bonchev–Trinajstić information content (AvgIpc) is 2.38. The van der Waals surface area contributed by atoms with E-state index in [2.05, 4.69) is 10.3 Å². The maximum Gasteiger partial charge on any atom is 0.357 e. The summed E-state index contributed by atoms with van der Waals surface area (Å²) in [7, 11) is 0. The van der Waals surface area contributed by atoms with Crippen molar-refractivity contribution in [3.05, 3.63) is 23.5 Å². The van der Waals surface area contributed by atoms with Crippen LogP contribution in [0.15, 0.2) is 12.3 Å². The second-order valence-electron chi connectivity index (χ2n) is 3.70. The number of anilines is 1. The largest absolute Gasteiger partial charge is 0.462 e. The standard InChI is InChI=1S/C13H16N2O5/c1-4-19-12(17)10-9(15-8(3)16)6-7-14-11(10)13(18)20-5-2/h6-7H,4-5H2,1-3H3,(H,14,15,16). The van der Waals surface area contributed by atoms with Crippen LogP contribution in [0.25, 0.3) is 0 Å². The number of amides is 1. The Morgan fingerprint density at radius 3 is 2.30 bits per heavy atom. The molecule has 0 radical (unpaired) electrons. The van der Waals surface area contributed by atoms with E-state index in [9.17, 15) is 14.4 Å². The number of aromatic nitrogens is 1. The van der Waals surface area contributed by atoms with Gasteiger partial charge in [-0.3, -0.25) is 4.79 Å². The molecule has 0 saturated carbocycles. The molecule has 108 valence electrons. The summed E-state index contributed by atoms with van der Waals surface area (Å²) in [6, 6.07) is 1.41. The minimum atomic E-state index is -0.747. The van der Waals surface area contributed by atoms with Crippen LogP contribution >= 0.6 is 0 Å². The van der Waals surface area contributed by atoms with E-state index in [4.69, 9.17) is 9.47 Å². The number of carbonyl (C=O) groups excluding carboxylic acids is 3. The highest BCUT2D eigenvalue weighted by Gasteiger charge is 2.25. The summed E-state index contributed by atoms with van der Waals surface area (Å²) in [4.78, 5) is 38.8. The number of nitrogens with zero attached hydrogens (tertiary/aromatic N) is 1. The van der Waals surface area contributed by atoms with Gasteiger partial charge in [-0.05, 0) is 19.9 Å². The van der Waals surface area contributed by atoms with Gasteiger partial charge in [-0.1, -0.05) is 0 Å². The Morgan fingerprint density at radius 2 is 1.75 bits per heavy atom. The Hall–Kier alpha value is -2.44. The van der Waals surface area contributed by atoms with Gasteiger partial charge in [-0.25, -0.2) is 14.6 Å². The molecule has 0 unspecified atom stereocenters. The second-order valence-corrected chi connectivity index (χ2v) is 3.70. The summed E-state index contributed by atoms with van der Waals surface area (Å²) in [5, 5.41) is 2.46. The molecule has 1 aromatic rings. The SMILES string of the molecule is CCOC(=O)c1nccc(NC(C)=O)c1C(=O)OCC. The van der Waals surface area contributed by atoms with E-state index < -0.39 is 11.9 Å². The Labute approximate surface area is 116 Å². The van der Waals surface area contributed by atoms with E-state index in [0.717, 1.165) is 0 Å². The van der Waals surface area contributed by atoms with E-state index in [1.165, 1.54) is 19.2 Å². The minimum absolute atomic E-state index is 0.108. The molecular formula is C13H16N2O5. The van der Waals surface area contributed by atoms with Crippen LogP contribution in [0.4, 0.5) is 5.69 Å². The van der Waals surface area contributed by atoms with Crippen LogP contribution in [-0.2, 0) is 14.3 Å². The van der Waals surface area contributed by atoms with E-state index in [1.807, 2.05) is 0 Å². The van der Waals surface area contributed by atoms with Crippen LogP contribution in [0.5, 0.6) is 0 Å². The summed E-state index contributed by atoms with van der Waals surface area (Å²) in [5.74, 6) is -1.87. The first-order valence-electron chi connectivity index (χ1n) is 6.12. The summed E-state index contributed by atoms with van der Waals surface area (Å²) in [6.07, 6.45) is 1.31. The van der Waals surface area contributed by atoms with Crippen molar-refractivity contribution in [1.82, 2.24) is 4.98 Å². The summed E-state index contributed by atoms with van der Waals surface area (Å²) in [6.45, 7) is 4.85. The lowest BCUT2D eigenvalue weighted by Crippen LogP contribution is -2.19. The fourth-order valence-electron chi connectivity index (χ4n) is 1.52. The molecule has 0 aliphatic carbocycles. The Bertz CT molecular complexity index is 527. The first kappa shape index (κ1) is 15.6. The van der Waals surface area contributed by atoms with Gasteiger partial charge in [-0.15, -0.1) is 0 Å². The zero-order valence-corrected chi connectivity index (χ0v) is 11.6. The van der Waals surface area contributed by atoms with E-state index in [0.29, 0.717) is 0 Å². The second kappa shape index (κ2) is 7.22. The topological polar surface area (TPSA) is 94.6 Å². The van der Waals surface area contributed by atoms with Crippen LogP contribution in [0.1, 0.15) is 41.6 Å². The molecule has 1 rings (SSSR count). The number of nitrogens with one attached hydrogen (secondary N) is 1. The van der Waals surface area contributed by atoms with Crippen molar-refractivity contribution in [2.24, 2.45) is 0 Å². The van der Waals surface area contributed by atoms with Crippen molar-refractivity contribution in [3.63, 3.8) is 0 Å². The molecule has 0 saturated heterocycles. The van der Waals surface area contributed by atoms with Gasteiger partial charge in [0.2, 0.25) is 5.91 Å². The highest BCUT2D eigenvalue weighted by Crippen LogP contribution is 2.20. The van der Waals surface area contributed by atoms with E-state index >= 15 is 0 Å². The smallest absolute Gasteiger partial charge is 0.357 e. The molecule has 0 aliphatic heterocycles. The molecule has 1 aromatic heterocycles. The van der Waals surface area contributed by atoms with Crippen molar-refractivity contribution >= 4 is 23.5 Å². The zero-order chi connectivity index (χ0) is 15.1. The van der Waals surface area contributed by atoms with Crippen LogP contribution in [-0.4, -0.2) is 36.0 Å². The first-order valence-corrected chi connectivity index (χ1v) is 6.12. The lowest BCUT2D eigenvalue weighted by atomic mass is 10.1. The fourth-order valence-corrected chi connectivity index (χ4v) is 1.52. The molecule has 20 heavy (non-hydrogen) atoms. The van der Waals surface area contributed by atoms with Crippen molar-refractivity contribution in [2.75, 3.05) is 18.5 Å². The molecule has 1 amide bonds.